The van der Waals surface area contributed by atoms with Crippen LogP contribution in [0.15, 0.2) is 66.7 Å². The number of nitrogens with zero attached hydrogens (tertiary/aromatic N) is 1. The van der Waals surface area contributed by atoms with Crippen LogP contribution in [-0.2, 0) is 6.61 Å². The Kier molecular flexibility index (Phi) is 6.26. The molecule has 1 N–H and O–H groups in total. The lowest BCUT2D eigenvalue weighted by molar-refractivity contribution is 0.172. The molecule has 3 heteroatoms. The quantitative estimate of drug-likeness (QED) is 0.768. The van der Waals surface area contributed by atoms with E-state index in [1.165, 1.54) is 16.7 Å². The monoisotopic (exact) mass is 336 g/mol. The zero-order valence-corrected chi connectivity index (χ0v) is 15.1. The van der Waals surface area contributed by atoms with Gasteiger partial charge in [0, 0.05) is 32.2 Å². The zero-order valence-electron chi connectivity index (χ0n) is 15.1. The summed E-state index contributed by atoms with van der Waals surface area (Å²) in [5, 5.41) is 3.43. The van der Waals surface area contributed by atoms with Crippen LogP contribution in [0.5, 0.6) is 5.75 Å². The third kappa shape index (κ3) is 5.18. The highest BCUT2D eigenvalue weighted by Gasteiger charge is 2.22. The van der Waals surface area contributed by atoms with E-state index in [1.807, 2.05) is 18.2 Å². The fourth-order valence-electron chi connectivity index (χ4n) is 3.31. The third-order valence-corrected chi connectivity index (χ3v) is 4.65. The molecule has 0 saturated carbocycles. The second-order valence-electron chi connectivity index (χ2n) is 6.81. The highest BCUT2D eigenvalue weighted by molar-refractivity contribution is 5.30. The molecule has 0 spiro atoms. The van der Waals surface area contributed by atoms with Gasteiger partial charge in [-0.25, -0.2) is 0 Å². The van der Waals surface area contributed by atoms with Gasteiger partial charge in [-0.3, -0.25) is 4.90 Å². The summed E-state index contributed by atoms with van der Waals surface area (Å²) in [6.07, 6.45) is 1.00. The standard InChI is InChI=1S/C22H28N2O/c1-18(2)16-22(24-14-12-23-13-15-24)20-8-10-21(11-9-20)25-17-19-6-4-3-5-7-19/h3-11,22-23H,1,12-17H2,2H3/t22-/m1/s1. The fourth-order valence-corrected chi connectivity index (χ4v) is 3.31. The first-order chi connectivity index (χ1) is 12.2. The molecule has 2 aromatic carbocycles. The molecule has 1 saturated heterocycles. The lowest BCUT2D eigenvalue weighted by atomic mass is 9.98. The van der Waals surface area contributed by atoms with Gasteiger partial charge in [0.1, 0.15) is 12.4 Å². The second-order valence-corrected chi connectivity index (χ2v) is 6.81. The molecule has 0 bridgehead atoms. The van der Waals surface area contributed by atoms with Crippen molar-refractivity contribution in [3.05, 3.63) is 77.9 Å². The number of hydrogen-bond donors (Lipinski definition) is 1. The van der Waals surface area contributed by atoms with E-state index in [9.17, 15) is 0 Å². The average molecular weight is 336 g/mol. The molecule has 3 rings (SSSR count). The van der Waals surface area contributed by atoms with Gasteiger partial charge in [-0.1, -0.05) is 48.0 Å². The van der Waals surface area contributed by atoms with E-state index in [1.54, 1.807) is 0 Å². The molecule has 2 aromatic rings. The summed E-state index contributed by atoms with van der Waals surface area (Å²) in [7, 11) is 0. The molecule has 0 aliphatic carbocycles. The van der Waals surface area contributed by atoms with Crippen molar-refractivity contribution >= 4 is 0 Å². The molecular formula is C22H28N2O. The van der Waals surface area contributed by atoms with Crippen LogP contribution in [0.2, 0.25) is 0 Å². The minimum absolute atomic E-state index is 0.405. The van der Waals surface area contributed by atoms with Gasteiger partial charge in [0.15, 0.2) is 0 Å². The number of piperazine rings is 1. The fraction of sp³-hybridized carbons (Fsp3) is 0.364. The van der Waals surface area contributed by atoms with Crippen LogP contribution in [0, 0.1) is 0 Å². The molecular weight excluding hydrogens is 308 g/mol. The van der Waals surface area contributed by atoms with Gasteiger partial charge in [0.25, 0.3) is 0 Å². The molecule has 3 nitrogen and oxygen atoms in total. The summed E-state index contributed by atoms with van der Waals surface area (Å²) in [6.45, 7) is 11.1. The Morgan fingerprint density at radius 3 is 2.40 bits per heavy atom. The molecule has 0 radical (unpaired) electrons. The van der Waals surface area contributed by atoms with Gasteiger partial charge >= 0.3 is 0 Å². The number of ether oxygens (including phenoxy) is 1. The molecule has 1 heterocycles. The van der Waals surface area contributed by atoms with Gasteiger partial charge in [0.2, 0.25) is 0 Å². The maximum atomic E-state index is 5.91. The highest BCUT2D eigenvalue weighted by atomic mass is 16.5. The Hall–Kier alpha value is -2.10. The van der Waals surface area contributed by atoms with E-state index in [2.05, 4.69) is 60.1 Å². The third-order valence-electron chi connectivity index (χ3n) is 4.65. The Bertz CT molecular complexity index is 660. The van der Waals surface area contributed by atoms with Crippen molar-refractivity contribution in [2.24, 2.45) is 0 Å². The first-order valence-corrected chi connectivity index (χ1v) is 9.08. The first-order valence-electron chi connectivity index (χ1n) is 9.08. The lowest BCUT2D eigenvalue weighted by Gasteiger charge is -2.35. The molecule has 1 atom stereocenters. The second kappa shape index (κ2) is 8.84. The van der Waals surface area contributed by atoms with Gasteiger partial charge in [-0.2, -0.15) is 0 Å². The van der Waals surface area contributed by atoms with E-state index < -0.39 is 0 Å². The average Bonchev–Trinajstić information content (AvgIpc) is 2.66. The zero-order chi connectivity index (χ0) is 17.5. The number of nitrogens with one attached hydrogen (secondary N) is 1. The van der Waals surface area contributed by atoms with Crippen molar-refractivity contribution in [2.45, 2.75) is 26.0 Å². The molecule has 0 aromatic heterocycles. The number of hydrogen-bond acceptors (Lipinski definition) is 3. The van der Waals surface area contributed by atoms with Crippen LogP contribution in [0.4, 0.5) is 0 Å². The molecule has 0 amide bonds. The van der Waals surface area contributed by atoms with Crippen LogP contribution in [-0.4, -0.2) is 31.1 Å². The van der Waals surface area contributed by atoms with Crippen LogP contribution in [0.1, 0.15) is 30.5 Å². The highest BCUT2D eigenvalue weighted by Crippen LogP contribution is 2.29. The number of rotatable bonds is 7. The Morgan fingerprint density at radius 1 is 1.08 bits per heavy atom. The molecule has 132 valence electrons. The smallest absolute Gasteiger partial charge is 0.119 e. The van der Waals surface area contributed by atoms with Gasteiger partial charge < -0.3 is 10.1 Å². The van der Waals surface area contributed by atoms with E-state index in [0.717, 1.165) is 38.3 Å². The van der Waals surface area contributed by atoms with Gasteiger partial charge in [-0.05, 0) is 36.6 Å². The topological polar surface area (TPSA) is 24.5 Å². The van der Waals surface area contributed by atoms with E-state index >= 15 is 0 Å². The summed E-state index contributed by atoms with van der Waals surface area (Å²) < 4.78 is 5.91. The maximum Gasteiger partial charge on any atom is 0.119 e. The first kappa shape index (κ1) is 17.7. The normalized spacial score (nSPS) is 16.4. The van der Waals surface area contributed by atoms with Gasteiger partial charge in [0.05, 0.1) is 0 Å². The summed E-state index contributed by atoms with van der Waals surface area (Å²) in [5.41, 5.74) is 3.76. The van der Waals surface area contributed by atoms with Gasteiger partial charge in [-0.15, -0.1) is 6.58 Å². The maximum absolute atomic E-state index is 5.91. The minimum Gasteiger partial charge on any atom is -0.489 e. The predicted molar refractivity (Wildman–Crippen MR) is 104 cm³/mol. The molecule has 1 aliphatic rings. The van der Waals surface area contributed by atoms with Crippen molar-refractivity contribution < 1.29 is 4.74 Å². The van der Waals surface area contributed by atoms with Crippen molar-refractivity contribution in [2.75, 3.05) is 26.2 Å². The Labute approximate surface area is 151 Å². The molecule has 0 unspecified atom stereocenters. The van der Waals surface area contributed by atoms with Crippen LogP contribution < -0.4 is 10.1 Å². The number of benzene rings is 2. The van der Waals surface area contributed by atoms with Crippen LogP contribution in [0.3, 0.4) is 0 Å². The van der Waals surface area contributed by atoms with Crippen LogP contribution in [0.25, 0.3) is 0 Å². The van der Waals surface area contributed by atoms with Crippen LogP contribution >= 0.6 is 0 Å². The van der Waals surface area contributed by atoms with Crippen molar-refractivity contribution in [3.8, 4) is 5.75 Å². The molecule has 1 aliphatic heterocycles. The summed E-state index contributed by atoms with van der Waals surface area (Å²) in [6, 6.07) is 19.3. The Morgan fingerprint density at radius 2 is 1.76 bits per heavy atom. The SMILES string of the molecule is C=C(C)C[C@H](c1ccc(OCc2ccccc2)cc1)N1CCNCC1. The predicted octanol–water partition coefficient (Wildman–Crippen LogP) is 4.18. The van der Waals surface area contributed by atoms with E-state index in [4.69, 9.17) is 4.74 Å². The van der Waals surface area contributed by atoms with Crippen molar-refractivity contribution in [1.29, 1.82) is 0 Å². The molecule has 1 fully saturated rings. The summed E-state index contributed by atoms with van der Waals surface area (Å²) in [5.74, 6) is 0.919. The Balaban J connectivity index is 1.66. The summed E-state index contributed by atoms with van der Waals surface area (Å²) in [4.78, 5) is 2.56. The largest absolute Gasteiger partial charge is 0.489 e. The summed E-state index contributed by atoms with van der Waals surface area (Å²) >= 11 is 0. The minimum atomic E-state index is 0.405. The van der Waals surface area contributed by atoms with Crippen molar-refractivity contribution in [3.63, 3.8) is 0 Å². The van der Waals surface area contributed by atoms with Crippen molar-refractivity contribution in [1.82, 2.24) is 10.2 Å². The van der Waals surface area contributed by atoms with E-state index in [0.29, 0.717) is 12.6 Å². The molecule has 25 heavy (non-hydrogen) atoms. The lowest BCUT2D eigenvalue weighted by Crippen LogP contribution is -2.45. The van der Waals surface area contributed by atoms with E-state index in [-0.39, 0.29) is 0 Å².